The molecule has 104 heavy (non-hydrogen) atoms. The minimum absolute atomic E-state index is 0.0189. The van der Waals surface area contributed by atoms with Gasteiger partial charge in [0.05, 0.1) is 62.4 Å². The number of nitrogens with zero attached hydrogens (tertiary/aromatic N) is 9. The first-order valence-corrected chi connectivity index (χ1v) is 36.3. The minimum Gasteiger partial charge on any atom is -0.507 e. The lowest BCUT2D eigenvalue weighted by molar-refractivity contribution is 0.232. The summed E-state index contributed by atoms with van der Waals surface area (Å²) in [7, 11) is 1.52. The van der Waals surface area contributed by atoms with Gasteiger partial charge in [0.2, 0.25) is 0 Å². The molecule has 3 aromatic heterocycles. The van der Waals surface area contributed by atoms with E-state index < -0.39 is 0 Å². The molecule has 11 rings (SSSR count). The molecule has 20 heteroatoms. The van der Waals surface area contributed by atoms with E-state index in [0.717, 1.165) is 79.4 Å². The Kier molecular flexibility index (Phi) is 29.8. The summed E-state index contributed by atoms with van der Waals surface area (Å²) in [5.41, 5.74) is 5.23. The van der Waals surface area contributed by atoms with Crippen molar-refractivity contribution in [1.29, 1.82) is 0 Å². The van der Waals surface area contributed by atoms with E-state index in [0.29, 0.717) is 130 Å². The van der Waals surface area contributed by atoms with E-state index in [1.54, 1.807) is 60.7 Å². The van der Waals surface area contributed by atoms with Crippen LogP contribution in [0.25, 0.3) is 91.1 Å². The van der Waals surface area contributed by atoms with Crippen LogP contribution >= 0.6 is 11.6 Å². The van der Waals surface area contributed by atoms with Gasteiger partial charge in [-0.1, -0.05) is 172 Å². The molecule has 0 radical (unpaired) electrons. The molecular weight excluding hydrogens is 1330 g/mol. The molecule has 542 valence electrons. The van der Waals surface area contributed by atoms with Gasteiger partial charge >= 0.3 is 6.01 Å². The van der Waals surface area contributed by atoms with Crippen LogP contribution in [0, 0.1) is 11.8 Å². The van der Waals surface area contributed by atoms with Gasteiger partial charge in [-0.25, -0.2) is 34.9 Å². The minimum atomic E-state index is -0.0371. The molecule has 0 saturated carbocycles. The Morgan fingerprint density at radius 3 is 1.12 bits per heavy atom. The van der Waals surface area contributed by atoms with Gasteiger partial charge in [0, 0.05) is 51.5 Å². The largest absolute Gasteiger partial charge is 0.507 e. The van der Waals surface area contributed by atoms with Gasteiger partial charge in [0.15, 0.2) is 46.6 Å². The molecular formula is C84H94ClN9O10. The highest BCUT2D eigenvalue weighted by molar-refractivity contribution is 6.30. The number of benzene rings is 8. The van der Waals surface area contributed by atoms with Crippen LogP contribution in [-0.4, -0.2) is 105 Å². The lowest BCUT2D eigenvalue weighted by Gasteiger charge is -2.16. The number of unbranched alkanes of at least 4 members (excludes halogenated alkanes) is 6. The summed E-state index contributed by atoms with van der Waals surface area (Å²) in [6, 6.07) is 55.1. The molecule has 0 aliphatic heterocycles. The zero-order chi connectivity index (χ0) is 73.6. The lowest BCUT2D eigenvalue weighted by Crippen LogP contribution is -2.11. The maximum Gasteiger partial charge on any atom is 0.320 e. The van der Waals surface area contributed by atoms with Crippen molar-refractivity contribution in [3.05, 3.63) is 187 Å². The van der Waals surface area contributed by atoms with Crippen LogP contribution in [0.4, 0.5) is 0 Å². The fraction of sp³-hybridized carbons (Fsp3) is 0.321. The molecule has 11 aromatic rings. The van der Waals surface area contributed by atoms with Gasteiger partial charge in [-0.3, -0.25) is 0 Å². The highest BCUT2D eigenvalue weighted by Crippen LogP contribution is 2.38. The summed E-state index contributed by atoms with van der Waals surface area (Å²) in [6.07, 6.45) is 12.9. The molecule has 3 heterocycles. The SMILES string of the molecule is CCCCC(CC)COc1ccc(-c2nc(-c3ccc(Cl)cc3)nc(-c3ccc(OCC(C)C)cc3)n2)c(O)c1.CCCCCCOc1ccc(-c2nc(-c3ccccc3)nc(-c3ccccc3)n2)c(O)c1.CCCCOc1ccc(-c2nc(OCCCC)nc(-c3ccc(OC)cc3O)n2)c(O)c1. The Balaban J connectivity index is 0.000000183. The van der Waals surface area contributed by atoms with Crippen LogP contribution in [0.3, 0.4) is 0 Å². The summed E-state index contributed by atoms with van der Waals surface area (Å²) < 4.78 is 34.2. The standard InChI is InChI=1S/C33H38ClN3O3.C27H27N3O2.C24H29N3O5/c1-5-7-8-23(6-2)21-40-28-17-18-29(30(38)19-28)33-36-31(24-9-13-26(34)14-10-24)35-32(37-33)25-11-15-27(16-12-25)39-20-22(3)4;1-2-3-4-11-18-32-22-16-17-23(24(31)19-22)27-29-25(20-12-7-5-8-13-20)28-26(30-27)21-14-9-6-10-15-21;1-4-6-12-31-17-9-11-19(21(29)15-17)23-25-22(26-24(27-23)32-13-7-5-2)18-10-8-16(30-3)14-20(18)28/h9-19,22-23,38H,5-8,20-21H2,1-4H3;5-10,12-17,19,31H,2-4,11,18H2,1H3;8-11,14-15,28-29H,4-7,12-13H2,1-3H3. The van der Waals surface area contributed by atoms with Crippen molar-refractivity contribution in [1.82, 2.24) is 44.9 Å². The monoisotopic (exact) mass is 1420 g/mol. The van der Waals surface area contributed by atoms with Crippen molar-refractivity contribution in [2.75, 3.05) is 40.1 Å². The maximum atomic E-state index is 11.0. The second-order valence-corrected chi connectivity index (χ2v) is 25.7. The van der Waals surface area contributed by atoms with Gasteiger partial charge in [-0.15, -0.1) is 0 Å². The Morgan fingerprint density at radius 1 is 0.337 bits per heavy atom. The van der Waals surface area contributed by atoms with E-state index in [1.807, 2.05) is 109 Å². The third kappa shape index (κ3) is 22.8. The molecule has 0 saturated heterocycles. The Bertz CT molecular complexity index is 4400. The summed E-state index contributed by atoms with van der Waals surface area (Å²) >= 11 is 6.12. The second kappa shape index (κ2) is 40.1. The van der Waals surface area contributed by atoms with E-state index in [1.165, 1.54) is 44.9 Å². The van der Waals surface area contributed by atoms with Gasteiger partial charge in [0.25, 0.3) is 0 Å². The molecule has 0 bridgehead atoms. The fourth-order valence-corrected chi connectivity index (χ4v) is 10.7. The first kappa shape index (κ1) is 77.2. The van der Waals surface area contributed by atoms with Crippen LogP contribution in [0.1, 0.15) is 126 Å². The fourth-order valence-electron chi connectivity index (χ4n) is 10.6. The highest BCUT2D eigenvalue weighted by atomic mass is 35.5. The number of aromatic nitrogens is 9. The van der Waals surface area contributed by atoms with Gasteiger partial charge in [-0.2, -0.15) is 9.97 Å². The van der Waals surface area contributed by atoms with E-state index in [2.05, 4.69) is 78.4 Å². The molecule has 0 spiro atoms. The van der Waals surface area contributed by atoms with Crippen molar-refractivity contribution in [3.8, 4) is 149 Å². The van der Waals surface area contributed by atoms with Crippen molar-refractivity contribution in [3.63, 3.8) is 0 Å². The Morgan fingerprint density at radius 2 is 0.692 bits per heavy atom. The number of methoxy groups -OCH3 is 1. The quantitative estimate of drug-likeness (QED) is 0.0279. The molecule has 0 aliphatic carbocycles. The number of halogens is 1. The normalized spacial score (nSPS) is 11.2. The molecule has 4 N–H and O–H groups in total. The van der Waals surface area contributed by atoms with Crippen molar-refractivity contribution in [2.45, 2.75) is 126 Å². The number of hydrogen-bond donors (Lipinski definition) is 4. The second-order valence-electron chi connectivity index (χ2n) is 25.3. The van der Waals surface area contributed by atoms with Crippen LogP contribution in [0.2, 0.25) is 5.02 Å². The first-order chi connectivity index (χ1) is 50.6. The Labute approximate surface area is 615 Å². The van der Waals surface area contributed by atoms with Crippen LogP contribution < -0.4 is 28.4 Å². The predicted octanol–water partition coefficient (Wildman–Crippen LogP) is 20.4. The first-order valence-electron chi connectivity index (χ1n) is 35.9. The topological polar surface area (TPSA) is 252 Å². The highest BCUT2D eigenvalue weighted by Gasteiger charge is 2.21. The molecule has 0 amide bonds. The van der Waals surface area contributed by atoms with Crippen LogP contribution in [0.5, 0.6) is 57.8 Å². The smallest absolute Gasteiger partial charge is 0.320 e. The number of ether oxygens (including phenoxy) is 6. The third-order valence-electron chi connectivity index (χ3n) is 16.6. The molecule has 19 nitrogen and oxygen atoms in total. The third-order valence-corrected chi connectivity index (χ3v) is 16.9. The van der Waals surface area contributed by atoms with Crippen LogP contribution in [-0.2, 0) is 0 Å². The number of aromatic hydroxyl groups is 4. The predicted molar refractivity (Wildman–Crippen MR) is 411 cm³/mol. The molecule has 8 aromatic carbocycles. The van der Waals surface area contributed by atoms with Crippen molar-refractivity contribution in [2.24, 2.45) is 11.8 Å². The number of hydrogen-bond acceptors (Lipinski definition) is 19. The maximum absolute atomic E-state index is 11.0. The number of rotatable bonds is 33. The van der Waals surface area contributed by atoms with E-state index in [9.17, 15) is 20.4 Å². The van der Waals surface area contributed by atoms with E-state index in [4.69, 9.17) is 55.0 Å². The van der Waals surface area contributed by atoms with Crippen molar-refractivity contribution < 1.29 is 48.8 Å². The van der Waals surface area contributed by atoms with Gasteiger partial charge < -0.3 is 48.8 Å². The summed E-state index contributed by atoms with van der Waals surface area (Å²) in [5.74, 6) is 7.50. The molecule has 0 aliphatic rings. The average Bonchev–Trinajstić information content (AvgIpc) is 0.806. The molecule has 1 unspecified atom stereocenters. The van der Waals surface area contributed by atoms with Gasteiger partial charge in [0.1, 0.15) is 51.7 Å². The lowest BCUT2D eigenvalue weighted by atomic mass is 10.0. The zero-order valence-electron chi connectivity index (χ0n) is 60.6. The summed E-state index contributed by atoms with van der Waals surface area (Å²) in [4.78, 5) is 41.4. The van der Waals surface area contributed by atoms with E-state index >= 15 is 0 Å². The Hall–Kier alpha value is -10.9. The molecule has 1 atom stereocenters. The number of phenolic OH excluding ortho intramolecular Hbond substituents is 4. The molecule has 0 fully saturated rings. The average molecular weight is 1430 g/mol. The summed E-state index contributed by atoms with van der Waals surface area (Å²) in [6.45, 7) is 17.9. The van der Waals surface area contributed by atoms with Crippen LogP contribution in [0.15, 0.2) is 182 Å². The van der Waals surface area contributed by atoms with Crippen molar-refractivity contribution >= 4 is 11.6 Å². The number of phenols is 4. The zero-order valence-corrected chi connectivity index (χ0v) is 61.4. The van der Waals surface area contributed by atoms with Gasteiger partial charge in [-0.05, 0) is 135 Å². The van der Waals surface area contributed by atoms with E-state index in [-0.39, 0.29) is 40.7 Å². The summed E-state index contributed by atoms with van der Waals surface area (Å²) in [5, 5.41) is 43.4.